The zero-order valence-corrected chi connectivity index (χ0v) is 11.8. The third-order valence-corrected chi connectivity index (χ3v) is 3.40. The average Bonchev–Trinajstić information content (AvgIpc) is 2.82. The summed E-state index contributed by atoms with van der Waals surface area (Å²) in [4.78, 5) is 25.2. The molecule has 1 atom stereocenters. The van der Waals surface area contributed by atoms with Crippen LogP contribution in [-0.4, -0.2) is 11.0 Å². The monoisotopic (exact) mass is 292 g/mol. The number of amides is 2. The minimum absolute atomic E-state index is 0.0873. The van der Waals surface area contributed by atoms with Crippen LogP contribution in [0.4, 0.5) is 10.5 Å². The quantitative estimate of drug-likeness (QED) is 0.691. The van der Waals surface area contributed by atoms with Gasteiger partial charge < -0.3 is 21.4 Å². The molecule has 1 aromatic carbocycles. The summed E-state index contributed by atoms with van der Waals surface area (Å²) >= 11 is 1.07. The minimum atomic E-state index is -0.334. The van der Waals surface area contributed by atoms with E-state index >= 15 is 0 Å². The van der Waals surface area contributed by atoms with Gasteiger partial charge in [-0.3, -0.25) is 4.79 Å². The van der Waals surface area contributed by atoms with E-state index in [1.807, 2.05) is 25.1 Å². The Hall–Kier alpha value is -2.12. The first-order valence-electron chi connectivity index (χ1n) is 6.11. The maximum atomic E-state index is 11.7. The highest BCUT2D eigenvalue weighted by atomic mass is 32.1. The van der Waals surface area contributed by atoms with E-state index in [9.17, 15) is 9.59 Å². The fraction of sp³-hybridized carbons (Fsp3) is 0.231. The van der Waals surface area contributed by atoms with Crippen molar-refractivity contribution >= 4 is 23.1 Å². The van der Waals surface area contributed by atoms with Crippen molar-refractivity contribution in [3.8, 4) is 0 Å². The first kappa shape index (κ1) is 14.3. The number of nitrogens with two attached hydrogens (primary N) is 1. The summed E-state index contributed by atoms with van der Waals surface area (Å²) in [5, 5.41) is 7.06. The number of carbonyl (C=O) groups is 1. The standard InChI is InChI=1S/C13H16N4O2S/c1-8(14)9-3-2-4-10(5-9)16-12(18)15-6-11-7-20-13(19)17-11/h2-5,7-8H,6,14H2,1H3,(H,17,19)(H2,15,16,18). The van der Waals surface area contributed by atoms with Gasteiger partial charge in [0.1, 0.15) is 0 Å². The second kappa shape index (κ2) is 6.36. The normalized spacial score (nSPS) is 11.9. The molecular formula is C13H16N4O2S. The highest BCUT2D eigenvalue weighted by Crippen LogP contribution is 2.15. The van der Waals surface area contributed by atoms with Gasteiger partial charge in [-0.15, -0.1) is 0 Å². The number of anilines is 1. The third kappa shape index (κ3) is 3.94. The molecule has 1 heterocycles. The number of H-pyrrole nitrogens is 1. The number of carbonyl (C=O) groups excluding carboxylic acids is 1. The van der Waals surface area contributed by atoms with Crippen LogP contribution in [0.3, 0.4) is 0 Å². The Kier molecular flexibility index (Phi) is 4.54. The molecule has 2 rings (SSSR count). The SMILES string of the molecule is CC(N)c1cccc(NC(=O)NCc2csc(=O)[nH]2)c1. The van der Waals surface area contributed by atoms with E-state index in [1.54, 1.807) is 11.4 Å². The lowest BCUT2D eigenvalue weighted by Crippen LogP contribution is -2.28. The van der Waals surface area contributed by atoms with Crippen LogP contribution in [-0.2, 0) is 6.54 Å². The van der Waals surface area contributed by atoms with Crippen LogP contribution >= 0.6 is 11.3 Å². The van der Waals surface area contributed by atoms with Gasteiger partial charge in [0.2, 0.25) is 0 Å². The van der Waals surface area contributed by atoms with E-state index in [0.29, 0.717) is 11.4 Å². The van der Waals surface area contributed by atoms with E-state index in [4.69, 9.17) is 5.73 Å². The number of rotatable bonds is 4. The lowest BCUT2D eigenvalue weighted by Gasteiger charge is -2.10. The second-order valence-corrected chi connectivity index (χ2v) is 5.24. The number of nitrogens with one attached hydrogen (secondary N) is 3. The van der Waals surface area contributed by atoms with Gasteiger partial charge in [0.15, 0.2) is 0 Å². The number of urea groups is 1. The van der Waals surface area contributed by atoms with Gasteiger partial charge in [0.05, 0.1) is 6.54 Å². The molecule has 20 heavy (non-hydrogen) atoms. The Morgan fingerprint density at radius 1 is 1.50 bits per heavy atom. The predicted octanol–water partition coefficient (Wildman–Crippen LogP) is 1.78. The second-order valence-electron chi connectivity index (χ2n) is 4.40. The Labute approximate surface area is 120 Å². The molecule has 0 saturated carbocycles. The van der Waals surface area contributed by atoms with Crippen molar-refractivity contribution in [3.05, 3.63) is 50.6 Å². The highest BCUT2D eigenvalue weighted by Gasteiger charge is 2.05. The molecule has 6 nitrogen and oxygen atoms in total. The molecule has 0 aliphatic rings. The van der Waals surface area contributed by atoms with Crippen molar-refractivity contribution < 1.29 is 4.79 Å². The van der Waals surface area contributed by atoms with Crippen molar-refractivity contribution in [2.24, 2.45) is 5.73 Å². The summed E-state index contributed by atoms with van der Waals surface area (Å²) in [6.07, 6.45) is 0. The molecule has 0 saturated heterocycles. The molecule has 0 radical (unpaired) electrons. The Balaban J connectivity index is 1.91. The molecule has 7 heteroatoms. The van der Waals surface area contributed by atoms with Crippen LogP contribution < -0.4 is 21.2 Å². The maximum Gasteiger partial charge on any atom is 0.319 e. The molecule has 2 amide bonds. The van der Waals surface area contributed by atoms with Gasteiger partial charge in [0.25, 0.3) is 0 Å². The summed E-state index contributed by atoms with van der Waals surface area (Å²) in [6.45, 7) is 2.16. The van der Waals surface area contributed by atoms with Crippen molar-refractivity contribution in [3.63, 3.8) is 0 Å². The van der Waals surface area contributed by atoms with Crippen LogP contribution in [0, 0.1) is 0 Å². The topological polar surface area (TPSA) is 100 Å². The lowest BCUT2D eigenvalue weighted by molar-refractivity contribution is 0.251. The Morgan fingerprint density at radius 2 is 2.30 bits per heavy atom. The molecule has 2 aromatic rings. The van der Waals surface area contributed by atoms with Gasteiger partial charge in [-0.05, 0) is 24.6 Å². The average molecular weight is 292 g/mol. The zero-order valence-electron chi connectivity index (χ0n) is 11.0. The lowest BCUT2D eigenvalue weighted by atomic mass is 10.1. The van der Waals surface area contributed by atoms with E-state index in [0.717, 1.165) is 16.9 Å². The van der Waals surface area contributed by atoms with Gasteiger partial charge in [-0.1, -0.05) is 23.5 Å². The molecule has 1 aromatic heterocycles. The van der Waals surface area contributed by atoms with E-state index in [2.05, 4.69) is 15.6 Å². The van der Waals surface area contributed by atoms with Gasteiger partial charge in [-0.25, -0.2) is 4.79 Å². The van der Waals surface area contributed by atoms with Crippen molar-refractivity contribution in [1.29, 1.82) is 0 Å². The summed E-state index contributed by atoms with van der Waals surface area (Å²) < 4.78 is 0. The molecular weight excluding hydrogens is 276 g/mol. The van der Waals surface area contributed by atoms with Crippen molar-refractivity contribution in [1.82, 2.24) is 10.3 Å². The maximum absolute atomic E-state index is 11.7. The number of benzene rings is 1. The predicted molar refractivity (Wildman–Crippen MR) is 79.8 cm³/mol. The first-order valence-corrected chi connectivity index (χ1v) is 6.99. The van der Waals surface area contributed by atoms with Crippen LogP contribution in [0.25, 0.3) is 0 Å². The van der Waals surface area contributed by atoms with E-state index in [-0.39, 0.29) is 23.5 Å². The smallest absolute Gasteiger partial charge is 0.319 e. The number of hydrogen-bond acceptors (Lipinski definition) is 4. The molecule has 106 valence electrons. The number of aromatic amines is 1. The van der Waals surface area contributed by atoms with Gasteiger partial charge >= 0.3 is 10.9 Å². The van der Waals surface area contributed by atoms with Gasteiger partial charge in [0, 0.05) is 22.8 Å². The largest absolute Gasteiger partial charge is 0.332 e. The van der Waals surface area contributed by atoms with Gasteiger partial charge in [-0.2, -0.15) is 0 Å². The molecule has 0 aliphatic carbocycles. The molecule has 0 aliphatic heterocycles. The fourth-order valence-corrected chi connectivity index (χ4v) is 2.23. The fourth-order valence-electron chi connectivity index (χ4n) is 1.65. The Bertz CT molecular complexity index is 648. The van der Waals surface area contributed by atoms with Crippen molar-refractivity contribution in [2.75, 3.05) is 5.32 Å². The number of aromatic nitrogens is 1. The van der Waals surface area contributed by atoms with Crippen LogP contribution in [0.15, 0.2) is 34.4 Å². The first-order chi connectivity index (χ1) is 9.54. The Morgan fingerprint density at radius 3 is 2.95 bits per heavy atom. The molecule has 1 unspecified atom stereocenters. The van der Waals surface area contributed by atoms with Crippen LogP contribution in [0.1, 0.15) is 24.2 Å². The zero-order chi connectivity index (χ0) is 14.5. The van der Waals surface area contributed by atoms with E-state index in [1.165, 1.54) is 0 Å². The number of hydrogen-bond donors (Lipinski definition) is 4. The third-order valence-electron chi connectivity index (χ3n) is 2.68. The summed E-state index contributed by atoms with van der Waals surface area (Å²) in [7, 11) is 0. The van der Waals surface area contributed by atoms with Crippen LogP contribution in [0.5, 0.6) is 0 Å². The molecule has 5 N–H and O–H groups in total. The molecule has 0 spiro atoms. The van der Waals surface area contributed by atoms with Crippen molar-refractivity contribution in [2.45, 2.75) is 19.5 Å². The van der Waals surface area contributed by atoms with Crippen LogP contribution in [0.2, 0.25) is 0 Å². The molecule has 0 bridgehead atoms. The van der Waals surface area contributed by atoms with E-state index < -0.39 is 0 Å². The number of thiazole rings is 1. The molecule has 0 fully saturated rings. The highest BCUT2D eigenvalue weighted by molar-refractivity contribution is 7.07. The minimum Gasteiger partial charge on any atom is -0.332 e. The summed E-state index contributed by atoms with van der Waals surface area (Å²) in [5.74, 6) is 0. The summed E-state index contributed by atoms with van der Waals surface area (Å²) in [6, 6.07) is 6.94. The summed E-state index contributed by atoms with van der Waals surface area (Å²) in [5.41, 5.74) is 8.10.